The molecule has 5 nitrogen and oxygen atoms in total. The molecule has 1 aliphatic heterocycles. The number of carbonyl (C=O) groups is 1. The fourth-order valence-corrected chi connectivity index (χ4v) is 5.26. The molecular formula is C26H22ClN3O2S. The molecule has 0 saturated carbocycles. The normalized spacial score (nSPS) is 15.5. The van der Waals surface area contributed by atoms with Gasteiger partial charge in [-0.3, -0.25) is 14.5 Å². The molecule has 0 spiro atoms. The van der Waals surface area contributed by atoms with Crippen LogP contribution in [0.3, 0.4) is 0 Å². The second-order valence-corrected chi connectivity index (χ2v) is 9.49. The van der Waals surface area contributed by atoms with Crippen LogP contribution in [0, 0.1) is 6.92 Å². The first-order valence-corrected chi connectivity index (χ1v) is 12.2. The molecule has 1 aromatic heterocycles. The van der Waals surface area contributed by atoms with Crippen molar-refractivity contribution in [2.75, 3.05) is 12.3 Å². The summed E-state index contributed by atoms with van der Waals surface area (Å²) in [4.78, 5) is 33.1. The molecule has 1 saturated heterocycles. The number of para-hydroxylation sites is 2. The van der Waals surface area contributed by atoms with Crippen LogP contribution in [0.4, 0.5) is 5.69 Å². The number of fused-ring (bicyclic) bond motifs is 2. The highest BCUT2D eigenvalue weighted by atomic mass is 35.5. The van der Waals surface area contributed by atoms with E-state index >= 15 is 0 Å². The van der Waals surface area contributed by atoms with Crippen molar-refractivity contribution in [3.05, 3.63) is 87.5 Å². The van der Waals surface area contributed by atoms with E-state index in [9.17, 15) is 9.59 Å². The second kappa shape index (κ2) is 9.04. The number of halogens is 1. The van der Waals surface area contributed by atoms with Gasteiger partial charge in [-0.15, -0.1) is 0 Å². The molecule has 5 rings (SSSR count). The third-order valence-corrected chi connectivity index (χ3v) is 7.31. The second-order valence-electron chi connectivity index (χ2n) is 8.02. The minimum Gasteiger partial charge on any atom is -0.331 e. The predicted molar refractivity (Wildman–Crippen MR) is 138 cm³/mol. The molecule has 1 fully saturated rings. The molecule has 3 aromatic carbocycles. The molecule has 1 aliphatic rings. The number of amides is 1. The lowest BCUT2D eigenvalue weighted by Gasteiger charge is -2.28. The van der Waals surface area contributed by atoms with Gasteiger partial charge in [0.15, 0.2) is 10.6 Å². The number of carbonyl (C=O) groups excluding carboxylic acids is 1. The molecule has 0 radical (unpaired) electrons. The van der Waals surface area contributed by atoms with Crippen LogP contribution in [0.5, 0.6) is 0 Å². The van der Waals surface area contributed by atoms with E-state index < -0.39 is 0 Å². The summed E-state index contributed by atoms with van der Waals surface area (Å²) in [5, 5.41) is 2.56. The third-order valence-electron chi connectivity index (χ3n) is 5.84. The number of aliphatic imine (C=N–C) groups is 1. The van der Waals surface area contributed by atoms with Crippen LogP contribution in [-0.4, -0.2) is 32.8 Å². The molecule has 4 aromatic rings. The number of rotatable bonds is 3. The summed E-state index contributed by atoms with van der Waals surface area (Å²) in [5.41, 5.74) is 3.21. The van der Waals surface area contributed by atoms with E-state index in [4.69, 9.17) is 16.6 Å². The van der Waals surface area contributed by atoms with E-state index in [-0.39, 0.29) is 17.9 Å². The average Bonchev–Trinajstić information content (AvgIpc) is 2.84. The van der Waals surface area contributed by atoms with Gasteiger partial charge < -0.3 is 4.57 Å². The van der Waals surface area contributed by atoms with Gasteiger partial charge in [0.05, 0.1) is 16.7 Å². The van der Waals surface area contributed by atoms with Gasteiger partial charge in [-0.25, -0.2) is 4.99 Å². The summed E-state index contributed by atoms with van der Waals surface area (Å²) in [6.45, 7) is 2.68. The molecule has 0 bridgehead atoms. The summed E-state index contributed by atoms with van der Waals surface area (Å²) in [6, 6.07) is 20.6. The molecule has 0 N–H and O–H groups in total. The van der Waals surface area contributed by atoms with Crippen LogP contribution in [-0.2, 0) is 11.3 Å². The number of pyridine rings is 1. The van der Waals surface area contributed by atoms with E-state index in [0.29, 0.717) is 27.5 Å². The average molecular weight is 476 g/mol. The lowest BCUT2D eigenvalue weighted by atomic mass is 10.1. The summed E-state index contributed by atoms with van der Waals surface area (Å²) < 4.78 is 1.94. The maximum Gasteiger partial charge on any atom is 0.248 e. The van der Waals surface area contributed by atoms with Crippen LogP contribution in [0.1, 0.15) is 12.0 Å². The van der Waals surface area contributed by atoms with E-state index in [1.165, 1.54) is 0 Å². The molecule has 0 aliphatic carbocycles. The Morgan fingerprint density at radius 1 is 1.03 bits per heavy atom. The Balaban J connectivity index is 1.55. The van der Waals surface area contributed by atoms with Crippen LogP contribution in [0.15, 0.2) is 76.5 Å². The number of benzene rings is 3. The third kappa shape index (κ3) is 4.16. The quantitative estimate of drug-likeness (QED) is 0.353. The minimum absolute atomic E-state index is 0.0167. The Morgan fingerprint density at radius 3 is 2.36 bits per heavy atom. The summed E-state index contributed by atoms with van der Waals surface area (Å²) in [6.07, 6.45) is 0.899. The van der Waals surface area contributed by atoms with Gasteiger partial charge in [-0.1, -0.05) is 53.7 Å². The molecule has 33 heavy (non-hydrogen) atoms. The standard InChI is InChI=1S/C26H22ClN3O2S/c1-17-11-12-18(15-21(17)27)28-26-29(13-6-14-33-26)24(31)16-30-22-9-4-2-7-19(22)25(32)20-8-3-5-10-23(20)30/h2-5,7-12,15H,6,13-14,16H2,1H3. The van der Waals surface area contributed by atoms with Gasteiger partial charge in [-0.2, -0.15) is 0 Å². The number of amidine groups is 1. The van der Waals surface area contributed by atoms with Gasteiger partial charge in [0.1, 0.15) is 6.54 Å². The predicted octanol–water partition coefficient (Wildman–Crippen LogP) is 5.77. The first-order chi connectivity index (χ1) is 16.0. The molecule has 0 unspecified atom stereocenters. The Hall–Kier alpha value is -3.09. The molecular weight excluding hydrogens is 454 g/mol. The Labute approximate surface area is 200 Å². The van der Waals surface area contributed by atoms with Crippen LogP contribution in [0.25, 0.3) is 21.8 Å². The van der Waals surface area contributed by atoms with Gasteiger partial charge in [-0.05, 0) is 55.3 Å². The first-order valence-electron chi connectivity index (χ1n) is 10.8. The van der Waals surface area contributed by atoms with Crippen molar-refractivity contribution in [1.29, 1.82) is 0 Å². The van der Waals surface area contributed by atoms with E-state index in [0.717, 1.165) is 34.5 Å². The van der Waals surface area contributed by atoms with Gasteiger partial charge in [0.25, 0.3) is 0 Å². The first kappa shape index (κ1) is 21.7. The fraction of sp³-hybridized carbons (Fsp3) is 0.192. The number of thioether (sulfide) groups is 1. The number of hydrogen-bond donors (Lipinski definition) is 0. The van der Waals surface area contributed by atoms with Crippen molar-refractivity contribution in [2.45, 2.75) is 19.9 Å². The summed E-state index contributed by atoms with van der Waals surface area (Å²) in [7, 11) is 0. The summed E-state index contributed by atoms with van der Waals surface area (Å²) >= 11 is 7.85. The summed E-state index contributed by atoms with van der Waals surface area (Å²) in [5.74, 6) is 0.852. The van der Waals surface area contributed by atoms with Crippen molar-refractivity contribution >= 4 is 61.9 Å². The zero-order chi connectivity index (χ0) is 22.9. The van der Waals surface area contributed by atoms with E-state index in [1.807, 2.05) is 78.2 Å². The highest BCUT2D eigenvalue weighted by Gasteiger charge is 2.25. The SMILES string of the molecule is Cc1ccc(N=C2SCCCN2C(=O)Cn2c3ccccc3c(=O)c3ccccc32)cc1Cl. The minimum atomic E-state index is -0.0573. The highest BCUT2D eigenvalue weighted by molar-refractivity contribution is 8.13. The molecule has 0 atom stereocenters. The van der Waals surface area contributed by atoms with Crippen molar-refractivity contribution in [3.63, 3.8) is 0 Å². The van der Waals surface area contributed by atoms with E-state index in [2.05, 4.69) is 0 Å². The fourth-order valence-electron chi connectivity index (χ4n) is 4.11. The monoisotopic (exact) mass is 475 g/mol. The lowest BCUT2D eigenvalue weighted by molar-refractivity contribution is -0.127. The zero-order valence-corrected chi connectivity index (χ0v) is 19.7. The number of aromatic nitrogens is 1. The zero-order valence-electron chi connectivity index (χ0n) is 18.1. The number of aryl methyl sites for hydroxylation is 1. The van der Waals surface area contributed by atoms with Crippen molar-refractivity contribution in [3.8, 4) is 0 Å². The van der Waals surface area contributed by atoms with Crippen LogP contribution >= 0.6 is 23.4 Å². The van der Waals surface area contributed by atoms with Crippen LogP contribution < -0.4 is 5.43 Å². The highest BCUT2D eigenvalue weighted by Crippen LogP contribution is 2.27. The lowest BCUT2D eigenvalue weighted by Crippen LogP contribution is -2.41. The maximum absolute atomic E-state index is 13.6. The Bertz CT molecular complexity index is 1420. The Morgan fingerprint density at radius 2 is 1.70 bits per heavy atom. The van der Waals surface area contributed by atoms with Crippen molar-refractivity contribution in [1.82, 2.24) is 9.47 Å². The van der Waals surface area contributed by atoms with Crippen molar-refractivity contribution in [2.24, 2.45) is 4.99 Å². The molecule has 166 valence electrons. The molecule has 2 heterocycles. The van der Waals surface area contributed by atoms with Gasteiger partial charge in [0.2, 0.25) is 5.91 Å². The molecule has 1 amide bonds. The maximum atomic E-state index is 13.6. The number of hydrogen-bond acceptors (Lipinski definition) is 4. The topological polar surface area (TPSA) is 54.7 Å². The van der Waals surface area contributed by atoms with Gasteiger partial charge in [0, 0.05) is 28.1 Å². The van der Waals surface area contributed by atoms with Crippen LogP contribution in [0.2, 0.25) is 5.02 Å². The Kier molecular flexibility index (Phi) is 5.96. The smallest absolute Gasteiger partial charge is 0.248 e. The van der Waals surface area contributed by atoms with Crippen molar-refractivity contribution < 1.29 is 4.79 Å². The van der Waals surface area contributed by atoms with Gasteiger partial charge >= 0.3 is 0 Å². The largest absolute Gasteiger partial charge is 0.331 e. The van der Waals surface area contributed by atoms with E-state index in [1.54, 1.807) is 16.7 Å². The molecule has 7 heteroatoms. The number of nitrogens with zero attached hydrogens (tertiary/aromatic N) is 3.